The molecular formula is C73H72BN3S. The molecule has 9 aromatic carbocycles. The highest BCUT2D eigenvalue weighted by molar-refractivity contribution is 7.87. The lowest BCUT2D eigenvalue weighted by Gasteiger charge is -2.46. The maximum atomic E-state index is 6.02. The molecule has 0 spiro atoms. The summed E-state index contributed by atoms with van der Waals surface area (Å²) in [6.07, 6.45) is 2.29. The normalized spacial score (nSPS) is 15.2. The second-order valence-electron chi connectivity index (χ2n) is 24.9. The molecule has 0 fully saturated rings. The van der Waals surface area contributed by atoms with Crippen LogP contribution < -0.4 is 25.6 Å². The van der Waals surface area contributed by atoms with Crippen LogP contribution in [0, 0.1) is 34.6 Å². The summed E-state index contributed by atoms with van der Waals surface area (Å²) in [5.74, 6) is 0. The van der Waals surface area contributed by atoms with Gasteiger partial charge in [0.15, 0.2) is 0 Å². The average molecular weight is 1030 g/mol. The Morgan fingerprint density at radius 1 is 0.462 bits per heavy atom. The summed E-state index contributed by atoms with van der Waals surface area (Å²) < 4.78 is 0. The third-order valence-electron chi connectivity index (χ3n) is 17.6. The first-order valence-corrected chi connectivity index (χ1v) is 28.5. The van der Waals surface area contributed by atoms with Crippen LogP contribution in [0.1, 0.15) is 111 Å². The molecule has 0 bridgehead atoms. The Morgan fingerprint density at radius 3 is 1.53 bits per heavy atom. The molecule has 388 valence electrons. The number of aryl methyl sites for hydroxylation is 5. The highest BCUT2D eigenvalue weighted by atomic mass is 32.1. The maximum absolute atomic E-state index is 6.02. The summed E-state index contributed by atoms with van der Waals surface area (Å²) in [7, 11) is 0. The van der Waals surface area contributed by atoms with Gasteiger partial charge in [0.2, 0.25) is 0 Å². The van der Waals surface area contributed by atoms with Crippen molar-refractivity contribution in [2.24, 2.45) is 0 Å². The van der Waals surface area contributed by atoms with E-state index in [2.05, 4.69) is 286 Å². The van der Waals surface area contributed by atoms with E-state index in [9.17, 15) is 0 Å². The lowest BCUT2D eigenvalue weighted by molar-refractivity contribution is 0.331. The van der Waals surface area contributed by atoms with E-state index in [4.69, 9.17) is 12.6 Å². The monoisotopic (exact) mass is 1030 g/mol. The van der Waals surface area contributed by atoms with Crippen LogP contribution in [0.25, 0.3) is 28.0 Å². The van der Waals surface area contributed by atoms with Crippen molar-refractivity contribution in [3.8, 4) is 22.3 Å². The van der Waals surface area contributed by atoms with Gasteiger partial charge in [-0.25, -0.2) is 0 Å². The number of hydrogen-bond acceptors (Lipinski definition) is 4. The summed E-state index contributed by atoms with van der Waals surface area (Å²) in [6.45, 7) is 27.8. The molecular weight excluding hydrogens is 962 g/mol. The molecule has 0 N–H and O–H groups in total. The van der Waals surface area contributed by atoms with Crippen LogP contribution in [-0.4, -0.2) is 6.71 Å². The highest BCUT2D eigenvalue weighted by Gasteiger charge is 2.46. The van der Waals surface area contributed by atoms with E-state index in [0.717, 1.165) is 68.8 Å². The van der Waals surface area contributed by atoms with Crippen LogP contribution >= 0.6 is 12.6 Å². The van der Waals surface area contributed by atoms with Gasteiger partial charge in [-0.2, -0.15) is 12.6 Å². The second-order valence-corrected chi connectivity index (χ2v) is 25.4. The standard InChI is InChI=1S/C73H72BN3S/c1-46-22-19-23-47(2)66(46)51-26-21-31-57(41-51)76-63-42-52(67-48(3)24-20-25-49(67)4)32-37-62(63)74-68-64(76)43-58(75(54-27-15-13-16-28-54)55-29-17-14-18-30-55)44-65(68)77(56-35-33-53(34-36-56)71(6,7)8)69(70(74)78)59-45-61-60(40-50(59)5)72(9,10)38-39-73(61,11)12/h13-37,40-45,78H,38-39H2,1-12H3. The van der Waals surface area contributed by atoms with Gasteiger partial charge in [0.25, 0.3) is 6.71 Å². The highest BCUT2D eigenvalue weighted by Crippen LogP contribution is 2.54. The molecule has 0 atom stereocenters. The molecule has 1 aliphatic carbocycles. The van der Waals surface area contributed by atoms with Crippen molar-refractivity contribution in [2.45, 2.75) is 112 Å². The number of fused-ring (bicyclic) bond motifs is 3. The largest absolute Gasteiger partial charge is 0.311 e. The lowest BCUT2D eigenvalue weighted by Crippen LogP contribution is -2.55. The van der Waals surface area contributed by atoms with Crippen LogP contribution in [0.2, 0.25) is 0 Å². The molecule has 12 rings (SSSR count). The molecule has 9 aromatic rings. The fraction of sp³-hybridized carbons (Fsp3) is 0.233. The number of anilines is 8. The molecule has 2 aliphatic heterocycles. The van der Waals surface area contributed by atoms with E-state index < -0.39 is 0 Å². The van der Waals surface area contributed by atoms with Crippen molar-refractivity contribution in [1.82, 2.24) is 0 Å². The third-order valence-corrected chi connectivity index (χ3v) is 18.1. The summed E-state index contributed by atoms with van der Waals surface area (Å²) in [4.78, 5) is 8.65. The number of nitrogens with zero attached hydrogens (tertiary/aromatic N) is 3. The minimum absolute atomic E-state index is 0.00397. The van der Waals surface area contributed by atoms with Gasteiger partial charge in [-0.05, 0) is 219 Å². The summed E-state index contributed by atoms with van der Waals surface area (Å²) in [5.41, 5.74) is 29.2. The van der Waals surface area contributed by atoms with E-state index >= 15 is 0 Å². The Morgan fingerprint density at radius 2 is 0.974 bits per heavy atom. The Hall–Kier alpha value is -7.47. The molecule has 3 aliphatic rings. The minimum Gasteiger partial charge on any atom is -0.311 e. The van der Waals surface area contributed by atoms with Crippen molar-refractivity contribution >= 4 is 81.5 Å². The maximum Gasteiger partial charge on any atom is 0.259 e. The van der Waals surface area contributed by atoms with Gasteiger partial charge in [-0.1, -0.05) is 164 Å². The third kappa shape index (κ3) is 8.61. The zero-order chi connectivity index (χ0) is 54.6. The van der Waals surface area contributed by atoms with E-state index in [1.165, 1.54) is 83.3 Å². The zero-order valence-electron chi connectivity index (χ0n) is 47.7. The van der Waals surface area contributed by atoms with Gasteiger partial charge in [0.1, 0.15) is 0 Å². The fourth-order valence-electron chi connectivity index (χ4n) is 13.3. The van der Waals surface area contributed by atoms with E-state index in [1.807, 2.05) is 0 Å². The van der Waals surface area contributed by atoms with Gasteiger partial charge in [-0.15, -0.1) is 0 Å². The van der Waals surface area contributed by atoms with Crippen LogP contribution in [0.5, 0.6) is 0 Å². The second kappa shape index (κ2) is 19.2. The quantitative estimate of drug-likeness (QED) is 0.120. The van der Waals surface area contributed by atoms with Crippen molar-refractivity contribution in [2.75, 3.05) is 14.7 Å². The van der Waals surface area contributed by atoms with Crippen molar-refractivity contribution < 1.29 is 0 Å². The SMILES string of the molecule is Cc1cc2c(cc1C1=C(S)B3c4ccc(-c5c(C)cccc5C)cc4N(c4cccc(-c5c(C)cccc5C)c4)c4cc(N(c5ccccc5)c5ccccc5)cc(c43)N1c1ccc(C(C)(C)C)cc1)C(C)(C)CCC2(C)C. The predicted molar refractivity (Wildman–Crippen MR) is 340 cm³/mol. The molecule has 0 saturated heterocycles. The molecule has 2 heterocycles. The van der Waals surface area contributed by atoms with Crippen LogP contribution in [0.3, 0.4) is 0 Å². The topological polar surface area (TPSA) is 9.72 Å². The van der Waals surface area contributed by atoms with Gasteiger partial charge in [0.05, 0.1) is 11.4 Å². The number of hydrogen-bond donors (Lipinski definition) is 1. The zero-order valence-corrected chi connectivity index (χ0v) is 48.6. The average Bonchev–Trinajstić information content (AvgIpc) is 3.53. The number of benzene rings is 9. The van der Waals surface area contributed by atoms with Gasteiger partial charge in [0, 0.05) is 45.4 Å². The number of thiol groups is 1. The smallest absolute Gasteiger partial charge is 0.259 e. The first kappa shape index (κ1) is 51.3. The van der Waals surface area contributed by atoms with Crippen molar-refractivity contribution in [3.63, 3.8) is 0 Å². The van der Waals surface area contributed by atoms with Gasteiger partial charge in [-0.3, -0.25) is 0 Å². The molecule has 3 nitrogen and oxygen atoms in total. The molecule has 0 amide bonds. The molecule has 0 radical (unpaired) electrons. The Bertz CT molecular complexity index is 3780. The summed E-state index contributed by atoms with van der Waals surface area (Å²) >= 11 is 6.02. The molecule has 0 unspecified atom stereocenters. The Balaban J connectivity index is 1.24. The number of para-hydroxylation sites is 2. The van der Waals surface area contributed by atoms with E-state index in [-0.39, 0.29) is 23.0 Å². The summed E-state index contributed by atoms with van der Waals surface area (Å²) in [6, 6.07) is 71.1. The van der Waals surface area contributed by atoms with Crippen LogP contribution in [0.4, 0.5) is 45.5 Å². The van der Waals surface area contributed by atoms with Crippen LogP contribution in [0.15, 0.2) is 193 Å². The molecule has 78 heavy (non-hydrogen) atoms. The van der Waals surface area contributed by atoms with Crippen LogP contribution in [-0.2, 0) is 16.2 Å². The van der Waals surface area contributed by atoms with Crippen molar-refractivity contribution in [1.29, 1.82) is 0 Å². The van der Waals surface area contributed by atoms with E-state index in [0.29, 0.717) is 0 Å². The molecule has 0 aromatic heterocycles. The van der Waals surface area contributed by atoms with E-state index in [1.54, 1.807) is 0 Å². The Kier molecular flexibility index (Phi) is 12.6. The molecule has 0 saturated carbocycles. The van der Waals surface area contributed by atoms with Gasteiger partial charge >= 0.3 is 0 Å². The lowest BCUT2D eigenvalue weighted by atomic mass is 9.36. The molecule has 5 heteroatoms. The Labute approximate surface area is 470 Å². The van der Waals surface area contributed by atoms with Crippen molar-refractivity contribution in [3.05, 3.63) is 243 Å². The predicted octanol–water partition coefficient (Wildman–Crippen LogP) is 19.1. The minimum atomic E-state index is -0.200. The van der Waals surface area contributed by atoms with Gasteiger partial charge < -0.3 is 14.7 Å². The first-order chi connectivity index (χ1) is 37.3. The summed E-state index contributed by atoms with van der Waals surface area (Å²) in [5, 5.41) is 0. The fourth-order valence-corrected chi connectivity index (χ4v) is 13.8. The first-order valence-electron chi connectivity index (χ1n) is 28.1. The number of rotatable bonds is 8.